The highest BCUT2D eigenvalue weighted by Crippen LogP contribution is 2.35. The second-order valence-corrected chi connectivity index (χ2v) is 5.72. The minimum Gasteiger partial charge on any atom is -0.384 e. The zero-order valence-electron chi connectivity index (χ0n) is 10.9. The van der Waals surface area contributed by atoms with E-state index in [9.17, 15) is 0 Å². The first kappa shape index (κ1) is 12.0. The molecular weight excluding hydrogens is 210 g/mol. The Kier molecular flexibility index (Phi) is 2.86. The first-order valence-electron chi connectivity index (χ1n) is 6.10. The molecule has 1 aliphatic heterocycles. The number of amidine groups is 1. The fourth-order valence-electron chi connectivity index (χ4n) is 2.60. The quantitative estimate of drug-likeness (QED) is 0.607. The first-order chi connectivity index (χ1) is 7.91. The monoisotopic (exact) mass is 231 g/mol. The average Bonchev–Trinajstić information content (AvgIpc) is 2.58. The van der Waals surface area contributed by atoms with Gasteiger partial charge in [0.05, 0.1) is 5.69 Å². The van der Waals surface area contributed by atoms with Crippen LogP contribution in [0.4, 0.5) is 5.69 Å². The molecule has 0 amide bonds. The Hall–Kier alpha value is -1.51. The fourth-order valence-corrected chi connectivity index (χ4v) is 2.60. The van der Waals surface area contributed by atoms with Crippen molar-refractivity contribution in [1.29, 1.82) is 5.41 Å². The Morgan fingerprint density at radius 1 is 1.41 bits per heavy atom. The smallest absolute Gasteiger partial charge is 0.124 e. The maximum Gasteiger partial charge on any atom is 0.124 e. The Morgan fingerprint density at radius 3 is 2.65 bits per heavy atom. The lowest BCUT2D eigenvalue weighted by Gasteiger charge is -2.25. The molecule has 0 radical (unpaired) electrons. The molecule has 0 aromatic heterocycles. The Balaban J connectivity index is 2.42. The molecule has 3 N–H and O–H groups in total. The molecule has 1 saturated heterocycles. The summed E-state index contributed by atoms with van der Waals surface area (Å²) in [4.78, 5) is 2.37. The van der Waals surface area contributed by atoms with Crippen LogP contribution in [0.3, 0.4) is 0 Å². The number of nitrogen functional groups attached to an aromatic ring is 1. The van der Waals surface area contributed by atoms with Crippen LogP contribution in [-0.4, -0.2) is 18.9 Å². The molecule has 1 aromatic rings. The summed E-state index contributed by atoms with van der Waals surface area (Å²) >= 11 is 0. The van der Waals surface area contributed by atoms with Crippen molar-refractivity contribution in [2.45, 2.75) is 27.2 Å². The first-order valence-corrected chi connectivity index (χ1v) is 6.10. The molecule has 1 heterocycles. The summed E-state index contributed by atoms with van der Waals surface area (Å²) in [5, 5.41) is 7.69. The summed E-state index contributed by atoms with van der Waals surface area (Å²) in [7, 11) is 0. The average molecular weight is 231 g/mol. The van der Waals surface area contributed by atoms with Crippen molar-refractivity contribution in [2.75, 3.05) is 18.0 Å². The topological polar surface area (TPSA) is 53.1 Å². The van der Waals surface area contributed by atoms with Crippen LogP contribution in [0.25, 0.3) is 0 Å². The van der Waals surface area contributed by atoms with Gasteiger partial charge >= 0.3 is 0 Å². The summed E-state index contributed by atoms with van der Waals surface area (Å²) in [6.45, 7) is 8.76. The van der Waals surface area contributed by atoms with Crippen LogP contribution in [0.5, 0.6) is 0 Å². The number of hydrogen-bond donors (Lipinski definition) is 2. The van der Waals surface area contributed by atoms with Gasteiger partial charge in [0.1, 0.15) is 5.84 Å². The third kappa shape index (κ3) is 2.28. The van der Waals surface area contributed by atoms with Gasteiger partial charge in [-0.25, -0.2) is 0 Å². The summed E-state index contributed by atoms with van der Waals surface area (Å²) in [5.41, 5.74) is 9.24. The van der Waals surface area contributed by atoms with Crippen molar-refractivity contribution in [3.8, 4) is 0 Å². The van der Waals surface area contributed by atoms with E-state index in [1.165, 1.54) is 12.0 Å². The van der Waals surface area contributed by atoms with Crippen molar-refractivity contribution in [3.63, 3.8) is 0 Å². The minimum absolute atomic E-state index is 0.161. The summed E-state index contributed by atoms with van der Waals surface area (Å²) in [6, 6.07) is 6.00. The van der Waals surface area contributed by atoms with Crippen LogP contribution >= 0.6 is 0 Å². The molecule has 0 atom stereocenters. The van der Waals surface area contributed by atoms with Crippen molar-refractivity contribution >= 4 is 11.5 Å². The molecule has 1 aromatic carbocycles. The van der Waals surface area contributed by atoms with E-state index in [4.69, 9.17) is 11.1 Å². The normalized spacial score (nSPS) is 18.4. The van der Waals surface area contributed by atoms with E-state index in [-0.39, 0.29) is 5.84 Å². The van der Waals surface area contributed by atoms with Crippen LogP contribution in [-0.2, 0) is 0 Å². The lowest BCUT2D eigenvalue weighted by atomic mass is 9.93. The van der Waals surface area contributed by atoms with Crippen molar-refractivity contribution < 1.29 is 0 Å². The number of nitrogens with two attached hydrogens (primary N) is 1. The largest absolute Gasteiger partial charge is 0.384 e. The van der Waals surface area contributed by atoms with Crippen LogP contribution in [0.15, 0.2) is 18.2 Å². The molecule has 17 heavy (non-hydrogen) atoms. The second-order valence-electron chi connectivity index (χ2n) is 5.72. The maximum absolute atomic E-state index is 7.69. The van der Waals surface area contributed by atoms with Gasteiger partial charge in [-0.1, -0.05) is 26.0 Å². The molecule has 0 unspecified atom stereocenters. The summed E-state index contributed by atoms with van der Waals surface area (Å²) in [6.07, 6.45) is 1.19. The highest BCUT2D eigenvalue weighted by Gasteiger charge is 2.31. The van der Waals surface area contributed by atoms with E-state index in [1.807, 2.05) is 12.1 Å². The maximum atomic E-state index is 7.69. The number of hydrogen-bond acceptors (Lipinski definition) is 2. The SMILES string of the molecule is Cc1cccc(C(=N)N)c1N1CCC(C)(C)C1. The van der Waals surface area contributed by atoms with E-state index in [0.29, 0.717) is 5.41 Å². The number of para-hydroxylation sites is 1. The van der Waals surface area contributed by atoms with Crippen molar-refractivity contribution in [1.82, 2.24) is 0 Å². The lowest BCUT2D eigenvalue weighted by Crippen LogP contribution is -2.26. The van der Waals surface area contributed by atoms with E-state index in [1.54, 1.807) is 0 Å². The van der Waals surface area contributed by atoms with Crippen molar-refractivity contribution in [3.05, 3.63) is 29.3 Å². The number of nitrogens with one attached hydrogen (secondary N) is 1. The lowest BCUT2D eigenvalue weighted by molar-refractivity contribution is 0.418. The zero-order valence-corrected chi connectivity index (χ0v) is 10.9. The van der Waals surface area contributed by atoms with E-state index in [2.05, 4.69) is 31.7 Å². The Labute approximate surface area is 103 Å². The molecule has 1 aliphatic rings. The zero-order chi connectivity index (χ0) is 12.6. The predicted molar refractivity (Wildman–Crippen MR) is 72.8 cm³/mol. The van der Waals surface area contributed by atoms with Crippen LogP contribution in [0.2, 0.25) is 0 Å². The third-order valence-corrected chi connectivity index (χ3v) is 3.52. The Morgan fingerprint density at radius 2 is 2.12 bits per heavy atom. The summed E-state index contributed by atoms with van der Waals surface area (Å²) < 4.78 is 0. The van der Waals surface area contributed by atoms with Gasteiger partial charge in [-0.15, -0.1) is 0 Å². The van der Waals surface area contributed by atoms with E-state index in [0.717, 1.165) is 24.3 Å². The number of rotatable bonds is 2. The molecular formula is C14H21N3. The molecule has 0 saturated carbocycles. The standard InChI is InChI=1S/C14H21N3/c1-10-5-4-6-11(13(15)16)12(10)17-8-7-14(2,3)9-17/h4-6H,7-9H2,1-3H3,(H3,15,16). The van der Waals surface area contributed by atoms with Gasteiger partial charge in [-0.3, -0.25) is 5.41 Å². The van der Waals surface area contributed by atoms with E-state index >= 15 is 0 Å². The molecule has 0 spiro atoms. The molecule has 0 bridgehead atoms. The molecule has 3 nitrogen and oxygen atoms in total. The van der Waals surface area contributed by atoms with Gasteiger partial charge in [-0.05, 0) is 30.4 Å². The fraction of sp³-hybridized carbons (Fsp3) is 0.500. The van der Waals surface area contributed by atoms with Crippen LogP contribution in [0.1, 0.15) is 31.4 Å². The molecule has 1 fully saturated rings. The van der Waals surface area contributed by atoms with Gasteiger partial charge in [0, 0.05) is 18.7 Å². The third-order valence-electron chi connectivity index (χ3n) is 3.52. The second kappa shape index (κ2) is 4.06. The molecule has 3 heteroatoms. The van der Waals surface area contributed by atoms with Crippen molar-refractivity contribution in [2.24, 2.45) is 11.1 Å². The number of anilines is 1. The van der Waals surface area contributed by atoms with Gasteiger partial charge in [-0.2, -0.15) is 0 Å². The highest BCUT2D eigenvalue weighted by molar-refractivity contribution is 6.01. The van der Waals surface area contributed by atoms with Gasteiger partial charge < -0.3 is 10.6 Å². The number of benzene rings is 1. The van der Waals surface area contributed by atoms with Crippen LogP contribution in [0, 0.1) is 17.7 Å². The molecule has 92 valence electrons. The summed E-state index contributed by atoms with van der Waals surface area (Å²) in [5.74, 6) is 0.161. The van der Waals surface area contributed by atoms with E-state index < -0.39 is 0 Å². The van der Waals surface area contributed by atoms with Crippen LogP contribution < -0.4 is 10.6 Å². The minimum atomic E-state index is 0.161. The number of nitrogens with zero attached hydrogens (tertiary/aromatic N) is 1. The van der Waals surface area contributed by atoms with Gasteiger partial charge in [0.25, 0.3) is 0 Å². The van der Waals surface area contributed by atoms with Gasteiger partial charge in [0.2, 0.25) is 0 Å². The predicted octanol–water partition coefficient (Wildman–Crippen LogP) is 2.52. The van der Waals surface area contributed by atoms with Gasteiger partial charge in [0.15, 0.2) is 0 Å². The molecule has 2 rings (SSSR count). The Bertz CT molecular complexity index is 449. The highest BCUT2D eigenvalue weighted by atomic mass is 15.2. The molecule has 0 aliphatic carbocycles. The number of aryl methyl sites for hydroxylation is 1.